The molecule has 0 saturated carbocycles. The molecule has 0 amide bonds. The summed E-state index contributed by atoms with van der Waals surface area (Å²) in [5.74, 6) is 0. The fourth-order valence-electron chi connectivity index (χ4n) is 7.57. The fourth-order valence-corrected chi connectivity index (χ4v) is 8.84. The van der Waals surface area contributed by atoms with Gasteiger partial charge in [0.25, 0.3) is 0 Å². The van der Waals surface area contributed by atoms with Crippen molar-refractivity contribution in [2.45, 2.75) is 0 Å². The van der Waals surface area contributed by atoms with Gasteiger partial charge >= 0.3 is 0 Å². The van der Waals surface area contributed by atoms with Gasteiger partial charge in [-0.15, -0.1) is 11.3 Å². The minimum absolute atomic E-state index is 1.17. The van der Waals surface area contributed by atoms with Gasteiger partial charge in [0.05, 0.1) is 11.0 Å². The zero-order chi connectivity index (χ0) is 33.0. The van der Waals surface area contributed by atoms with E-state index in [1.165, 1.54) is 92.2 Å². The molecule has 8 aromatic carbocycles. The van der Waals surface area contributed by atoms with E-state index in [2.05, 4.69) is 193 Å². The van der Waals surface area contributed by atoms with Crippen LogP contribution in [-0.2, 0) is 0 Å². The first kappa shape index (κ1) is 28.8. The van der Waals surface area contributed by atoms with Gasteiger partial charge in [-0.2, -0.15) is 0 Å². The number of nitrogens with zero attached hydrogens (tertiary/aromatic N) is 1. The summed E-state index contributed by atoms with van der Waals surface area (Å²) in [7, 11) is 0. The van der Waals surface area contributed by atoms with Crippen LogP contribution >= 0.6 is 11.3 Å². The zero-order valence-corrected chi connectivity index (χ0v) is 28.1. The molecule has 0 saturated heterocycles. The van der Waals surface area contributed by atoms with Gasteiger partial charge in [-0.3, -0.25) is 0 Å². The zero-order valence-electron chi connectivity index (χ0n) is 27.3. The summed E-state index contributed by atoms with van der Waals surface area (Å²) in [6, 6.07) is 68.6. The number of rotatable bonds is 5. The van der Waals surface area contributed by atoms with E-state index in [-0.39, 0.29) is 0 Å². The summed E-state index contributed by atoms with van der Waals surface area (Å²) >= 11 is 1.88. The van der Waals surface area contributed by atoms with Gasteiger partial charge in [0, 0.05) is 37.0 Å². The van der Waals surface area contributed by atoms with Gasteiger partial charge in [-0.05, 0) is 86.6 Å². The second-order valence-corrected chi connectivity index (χ2v) is 14.0. The SMILES string of the molecule is c1ccc(-c2ccc3c(c2)c2cc(-c4ccc5c(-c6ccccc6)c(-c6ccccc6)sc5c4)ccc2n3-c2ccc3ccccc3c2)cc1. The Balaban J connectivity index is 1.18. The summed E-state index contributed by atoms with van der Waals surface area (Å²) < 4.78 is 3.72. The summed E-state index contributed by atoms with van der Waals surface area (Å²) in [5.41, 5.74) is 12.3. The van der Waals surface area contributed by atoms with Crippen LogP contribution in [0, 0.1) is 0 Å². The first-order valence-electron chi connectivity index (χ1n) is 17.1. The highest BCUT2D eigenvalue weighted by atomic mass is 32.1. The van der Waals surface area contributed by atoms with Crippen LogP contribution in [0.1, 0.15) is 0 Å². The van der Waals surface area contributed by atoms with Crippen molar-refractivity contribution in [1.82, 2.24) is 4.57 Å². The maximum atomic E-state index is 2.43. The molecule has 0 aliphatic heterocycles. The third-order valence-corrected chi connectivity index (χ3v) is 11.2. The molecule has 2 heteroatoms. The molecule has 0 N–H and O–H groups in total. The van der Waals surface area contributed by atoms with Gasteiger partial charge in [0.1, 0.15) is 0 Å². The first-order chi connectivity index (χ1) is 24.8. The highest BCUT2D eigenvalue weighted by molar-refractivity contribution is 7.23. The minimum Gasteiger partial charge on any atom is -0.309 e. The molecule has 0 aliphatic carbocycles. The Morgan fingerprint density at radius 2 is 0.880 bits per heavy atom. The molecule has 0 spiro atoms. The fraction of sp³-hybridized carbons (Fsp3) is 0. The lowest BCUT2D eigenvalue weighted by molar-refractivity contribution is 1.19. The van der Waals surface area contributed by atoms with Gasteiger partial charge in [0.2, 0.25) is 0 Å². The maximum Gasteiger partial charge on any atom is 0.0541 e. The number of aromatic nitrogens is 1. The molecule has 0 bridgehead atoms. The Bertz CT molecular complexity index is 2840. The van der Waals surface area contributed by atoms with Crippen LogP contribution in [0.5, 0.6) is 0 Å². The molecule has 0 radical (unpaired) electrons. The first-order valence-corrected chi connectivity index (χ1v) is 17.9. The standard InChI is InChI=1S/C48H31NS/c1-4-12-32(13-5-1)37-22-26-44-42(29-37)43-30-38(23-27-45(43)49(44)40-24-20-33-14-10-11-19-36(33)28-40)39-21-25-41-46(31-39)50-48(35-17-8-3-9-18-35)47(41)34-15-6-2-7-16-34/h1-31H. The highest BCUT2D eigenvalue weighted by Crippen LogP contribution is 2.46. The third kappa shape index (κ3) is 4.76. The predicted octanol–water partition coefficient (Wildman–Crippen LogP) is 13.8. The molecule has 234 valence electrons. The molecular formula is C48H31NS. The summed E-state index contributed by atoms with van der Waals surface area (Å²) in [5, 5.41) is 6.30. The van der Waals surface area contributed by atoms with Crippen molar-refractivity contribution in [3.05, 3.63) is 188 Å². The van der Waals surface area contributed by atoms with Crippen molar-refractivity contribution in [2.75, 3.05) is 0 Å². The second-order valence-electron chi connectivity index (χ2n) is 12.9. The summed E-state index contributed by atoms with van der Waals surface area (Å²) in [6.45, 7) is 0. The normalized spacial score (nSPS) is 11.6. The van der Waals surface area contributed by atoms with Crippen LogP contribution < -0.4 is 0 Å². The van der Waals surface area contributed by atoms with Gasteiger partial charge in [0.15, 0.2) is 0 Å². The highest BCUT2D eigenvalue weighted by Gasteiger charge is 2.18. The lowest BCUT2D eigenvalue weighted by atomic mass is 9.96. The van der Waals surface area contributed by atoms with Crippen molar-refractivity contribution in [3.8, 4) is 49.5 Å². The maximum absolute atomic E-state index is 2.43. The van der Waals surface area contributed by atoms with Crippen molar-refractivity contribution >= 4 is 54.0 Å². The molecule has 10 aromatic rings. The Morgan fingerprint density at radius 3 is 1.56 bits per heavy atom. The number of thiophene rings is 1. The van der Waals surface area contributed by atoms with Crippen molar-refractivity contribution in [3.63, 3.8) is 0 Å². The van der Waals surface area contributed by atoms with Crippen LogP contribution in [0.15, 0.2) is 188 Å². The van der Waals surface area contributed by atoms with Gasteiger partial charge in [-0.1, -0.05) is 146 Å². The van der Waals surface area contributed by atoms with E-state index in [1.54, 1.807) is 0 Å². The number of hydrogen-bond acceptors (Lipinski definition) is 1. The van der Waals surface area contributed by atoms with E-state index in [0.717, 1.165) is 0 Å². The number of hydrogen-bond donors (Lipinski definition) is 0. The Labute approximate surface area is 295 Å². The molecular weight excluding hydrogens is 623 g/mol. The predicted molar refractivity (Wildman–Crippen MR) is 215 cm³/mol. The van der Waals surface area contributed by atoms with Crippen molar-refractivity contribution in [2.24, 2.45) is 0 Å². The molecule has 2 heterocycles. The summed E-state index contributed by atoms with van der Waals surface area (Å²) in [6.07, 6.45) is 0. The average Bonchev–Trinajstić information content (AvgIpc) is 3.74. The van der Waals surface area contributed by atoms with Crippen LogP contribution in [0.2, 0.25) is 0 Å². The average molecular weight is 654 g/mol. The molecule has 0 fully saturated rings. The van der Waals surface area contributed by atoms with E-state index < -0.39 is 0 Å². The third-order valence-electron chi connectivity index (χ3n) is 9.99. The van der Waals surface area contributed by atoms with Gasteiger partial charge < -0.3 is 4.57 Å². The van der Waals surface area contributed by atoms with E-state index in [0.29, 0.717) is 0 Å². The van der Waals surface area contributed by atoms with E-state index in [9.17, 15) is 0 Å². The van der Waals surface area contributed by atoms with E-state index >= 15 is 0 Å². The lowest BCUT2D eigenvalue weighted by Gasteiger charge is -2.10. The van der Waals surface area contributed by atoms with E-state index in [4.69, 9.17) is 0 Å². The number of fused-ring (bicyclic) bond motifs is 5. The van der Waals surface area contributed by atoms with Crippen LogP contribution in [0.4, 0.5) is 0 Å². The number of benzene rings is 8. The monoisotopic (exact) mass is 653 g/mol. The molecule has 2 aromatic heterocycles. The second kappa shape index (κ2) is 11.7. The summed E-state index contributed by atoms with van der Waals surface area (Å²) in [4.78, 5) is 1.31. The van der Waals surface area contributed by atoms with Crippen LogP contribution in [0.3, 0.4) is 0 Å². The minimum atomic E-state index is 1.17. The van der Waals surface area contributed by atoms with Crippen LogP contribution in [0.25, 0.3) is 92.2 Å². The quantitative estimate of drug-likeness (QED) is 0.174. The van der Waals surface area contributed by atoms with Gasteiger partial charge in [-0.25, -0.2) is 0 Å². The lowest BCUT2D eigenvalue weighted by Crippen LogP contribution is -1.94. The Morgan fingerprint density at radius 1 is 0.340 bits per heavy atom. The topological polar surface area (TPSA) is 4.93 Å². The molecule has 0 aliphatic rings. The van der Waals surface area contributed by atoms with Crippen molar-refractivity contribution in [1.29, 1.82) is 0 Å². The molecule has 10 rings (SSSR count). The van der Waals surface area contributed by atoms with Crippen LogP contribution in [-0.4, -0.2) is 4.57 Å². The Kier molecular flexibility index (Phi) is 6.75. The molecule has 1 nitrogen and oxygen atoms in total. The molecule has 0 atom stereocenters. The smallest absolute Gasteiger partial charge is 0.0541 e. The van der Waals surface area contributed by atoms with Crippen molar-refractivity contribution < 1.29 is 0 Å². The molecule has 50 heavy (non-hydrogen) atoms. The molecule has 0 unspecified atom stereocenters. The van der Waals surface area contributed by atoms with E-state index in [1.807, 2.05) is 11.3 Å². The largest absolute Gasteiger partial charge is 0.309 e. The Hall–Kier alpha value is -6.22.